The lowest BCUT2D eigenvalue weighted by atomic mass is 10.2. The molecule has 0 amide bonds. The fraction of sp³-hybridized carbons (Fsp3) is 0.333. The standard InChI is InChI=1S/C18H20FNO/c1-2-13-3-8-16(9-4-13)21-18-10-5-14(11-17(18)19)12-20-15-6-7-15/h3-5,8-11,15,20H,2,6-7,12H2,1H3. The van der Waals surface area contributed by atoms with Crippen molar-refractivity contribution in [3.05, 3.63) is 59.4 Å². The van der Waals surface area contributed by atoms with Gasteiger partial charge in [0, 0.05) is 12.6 Å². The van der Waals surface area contributed by atoms with E-state index in [9.17, 15) is 4.39 Å². The van der Waals surface area contributed by atoms with E-state index in [2.05, 4.69) is 12.2 Å². The molecule has 21 heavy (non-hydrogen) atoms. The van der Waals surface area contributed by atoms with Crippen LogP contribution in [-0.2, 0) is 13.0 Å². The first-order valence-electron chi connectivity index (χ1n) is 7.53. The molecule has 0 heterocycles. The lowest BCUT2D eigenvalue weighted by molar-refractivity contribution is 0.441. The fourth-order valence-electron chi connectivity index (χ4n) is 2.21. The van der Waals surface area contributed by atoms with E-state index in [1.165, 1.54) is 18.4 Å². The number of hydrogen-bond donors (Lipinski definition) is 1. The smallest absolute Gasteiger partial charge is 0.166 e. The van der Waals surface area contributed by atoms with E-state index in [0.717, 1.165) is 12.0 Å². The third kappa shape index (κ3) is 3.82. The number of nitrogens with one attached hydrogen (secondary N) is 1. The van der Waals surface area contributed by atoms with Gasteiger partial charge in [-0.1, -0.05) is 25.1 Å². The molecule has 1 aliphatic carbocycles. The van der Waals surface area contributed by atoms with Crippen LogP contribution in [0.15, 0.2) is 42.5 Å². The van der Waals surface area contributed by atoms with E-state index in [1.54, 1.807) is 12.1 Å². The third-order valence-electron chi connectivity index (χ3n) is 3.73. The first-order valence-corrected chi connectivity index (χ1v) is 7.53. The van der Waals surface area contributed by atoms with Crippen LogP contribution >= 0.6 is 0 Å². The summed E-state index contributed by atoms with van der Waals surface area (Å²) in [6.45, 7) is 2.82. The van der Waals surface area contributed by atoms with Gasteiger partial charge in [-0.3, -0.25) is 0 Å². The minimum absolute atomic E-state index is 0.273. The Balaban J connectivity index is 1.66. The van der Waals surface area contributed by atoms with Crippen LogP contribution in [0.4, 0.5) is 4.39 Å². The summed E-state index contributed by atoms with van der Waals surface area (Å²) in [6, 6.07) is 13.5. The number of rotatable bonds is 6. The summed E-state index contributed by atoms with van der Waals surface area (Å²) in [4.78, 5) is 0. The molecule has 0 atom stereocenters. The van der Waals surface area contributed by atoms with Crippen LogP contribution < -0.4 is 10.1 Å². The summed E-state index contributed by atoms with van der Waals surface area (Å²) >= 11 is 0. The van der Waals surface area contributed by atoms with Crippen LogP contribution in [0, 0.1) is 5.82 Å². The predicted molar refractivity (Wildman–Crippen MR) is 82.2 cm³/mol. The van der Waals surface area contributed by atoms with Crippen LogP contribution in [0.3, 0.4) is 0 Å². The van der Waals surface area contributed by atoms with Crippen molar-refractivity contribution in [2.75, 3.05) is 0 Å². The molecule has 2 nitrogen and oxygen atoms in total. The Hall–Kier alpha value is -1.87. The topological polar surface area (TPSA) is 21.3 Å². The molecule has 1 fully saturated rings. The molecular weight excluding hydrogens is 265 g/mol. The summed E-state index contributed by atoms with van der Waals surface area (Å²) in [5.74, 6) is 0.619. The number of aryl methyl sites for hydroxylation is 1. The summed E-state index contributed by atoms with van der Waals surface area (Å²) in [7, 11) is 0. The highest BCUT2D eigenvalue weighted by molar-refractivity contribution is 5.35. The molecule has 1 saturated carbocycles. The lowest BCUT2D eigenvalue weighted by Crippen LogP contribution is -2.15. The van der Waals surface area contributed by atoms with Gasteiger partial charge in [-0.2, -0.15) is 0 Å². The van der Waals surface area contributed by atoms with E-state index in [4.69, 9.17) is 4.74 Å². The Kier molecular flexibility index (Phi) is 4.20. The number of ether oxygens (including phenoxy) is 1. The van der Waals surface area contributed by atoms with Crippen molar-refractivity contribution in [1.82, 2.24) is 5.32 Å². The molecule has 3 rings (SSSR count). The van der Waals surface area contributed by atoms with E-state index < -0.39 is 0 Å². The number of halogens is 1. The SMILES string of the molecule is CCc1ccc(Oc2ccc(CNC3CC3)cc2F)cc1. The van der Waals surface area contributed by atoms with E-state index in [1.807, 2.05) is 30.3 Å². The van der Waals surface area contributed by atoms with Crippen molar-refractivity contribution in [3.63, 3.8) is 0 Å². The van der Waals surface area contributed by atoms with Crippen molar-refractivity contribution in [2.24, 2.45) is 0 Å². The van der Waals surface area contributed by atoms with Gasteiger partial charge in [0.2, 0.25) is 0 Å². The van der Waals surface area contributed by atoms with Gasteiger partial charge in [0.15, 0.2) is 11.6 Å². The molecule has 0 bridgehead atoms. The van der Waals surface area contributed by atoms with Gasteiger partial charge in [-0.15, -0.1) is 0 Å². The van der Waals surface area contributed by atoms with E-state index >= 15 is 0 Å². The molecule has 0 unspecified atom stereocenters. The van der Waals surface area contributed by atoms with Crippen molar-refractivity contribution in [2.45, 2.75) is 38.8 Å². The van der Waals surface area contributed by atoms with Crippen LogP contribution in [0.1, 0.15) is 30.9 Å². The molecule has 110 valence electrons. The average molecular weight is 285 g/mol. The van der Waals surface area contributed by atoms with Crippen LogP contribution in [0.25, 0.3) is 0 Å². The maximum Gasteiger partial charge on any atom is 0.166 e. The van der Waals surface area contributed by atoms with Crippen molar-refractivity contribution in [3.8, 4) is 11.5 Å². The lowest BCUT2D eigenvalue weighted by Gasteiger charge is -2.09. The van der Waals surface area contributed by atoms with Crippen molar-refractivity contribution < 1.29 is 9.13 Å². The summed E-state index contributed by atoms with van der Waals surface area (Å²) in [5, 5.41) is 3.37. The Morgan fingerprint density at radius 2 is 1.81 bits per heavy atom. The Morgan fingerprint density at radius 1 is 1.10 bits per heavy atom. The Morgan fingerprint density at radius 3 is 2.43 bits per heavy atom. The summed E-state index contributed by atoms with van der Waals surface area (Å²) < 4.78 is 19.7. The zero-order valence-electron chi connectivity index (χ0n) is 12.2. The second-order valence-corrected chi connectivity index (χ2v) is 5.52. The summed E-state index contributed by atoms with van der Waals surface area (Å²) in [5.41, 5.74) is 2.19. The highest BCUT2D eigenvalue weighted by Gasteiger charge is 2.20. The van der Waals surface area contributed by atoms with Gasteiger partial charge in [-0.05, 0) is 54.7 Å². The molecule has 1 N–H and O–H groups in total. The average Bonchev–Trinajstić information content (AvgIpc) is 3.33. The molecule has 0 radical (unpaired) electrons. The second kappa shape index (κ2) is 6.27. The molecule has 2 aromatic rings. The molecule has 0 saturated heterocycles. The van der Waals surface area contributed by atoms with Gasteiger partial charge >= 0.3 is 0 Å². The second-order valence-electron chi connectivity index (χ2n) is 5.52. The highest BCUT2D eigenvalue weighted by Crippen LogP contribution is 2.26. The van der Waals surface area contributed by atoms with Gasteiger partial charge in [0.1, 0.15) is 5.75 Å². The third-order valence-corrected chi connectivity index (χ3v) is 3.73. The first kappa shape index (κ1) is 14.1. The van der Waals surface area contributed by atoms with Gasteiger partial charge in [-0.25, -0.2) is 4.39 Å². The molecule has 0 spiro atoms. The van der Waals surface area contributed by atoms with Crippen molar-refractivity contribution >= 4 is 0 Å². The first-order chi connectivity index (χ1) is 10.2. The quantitative estimate of drug-likeness (QED) is 0.847. The van der Waals surface area contributed by atoms with Crippen molar-refractivity contribution in [1.29, 1.82) is 0 Å². The zero-order valence-corrected chi connectivity index (χ0v) is 12.2. The van der Waals surface area contributed by atoms with E-state index in [-0.39, 0.29) is 11.6 Å². The molecular formula is C18H20FNO. The largest absolute Gasteiger partial charge is 0.454 e. The van der Waals surface area contributed by atoms with Gasteiger partial charge in [0.05, 0.1) is 0 Å². The van der Waals surface area contributed by atoms with Crippen LogP contribution in [0.2, 0.25) is 0 Å². The van der Waals surface area contributed by atoms with E-state index in [0.29, 0.717) is 18.3 Å². The fourth-order valence-corrected chi connectivity index (χ4v) is 2.21. The predicted octanol–water partition coefficient (Wildman–Crippen LogP) is 4.43. The molecule has 1 aliphatic rings. The molecule has 3 heteroatoms. The maximum atomic E-state index is 14.1. The van der Waals surface area contributed by atoms with Gasteiger partial charge < -0.3 is 10.1 Å². The monoisotopic (exact) mass is 285 g/mol. The Labute approximate surface area is 125 Å². The molecule has 0 aliphatic heterocycles. The summed E-state index contributed by atoms with van der Waals surface area (Å²) in [6.07, 6.45) is 3.45. The van der Waals surface area contributed by atoms with Gasteiger partial charge in [0.25, 0.3) is 0 Å². The maximum absolute atomic E-state index is 14.1. The van der Waals surface area contributed by atoms with Crippen LogP contribution in [-0.4, -0.2) is 6.04 Å². The molecule has 2 aromatic carbocycles. The number of hydrogen-bond acceptors (Lipinski definition) is 2. The Bertz CT molecular complexity index is 605. The normalized spacial score (nSPS) is 14.2. The highest BCUT2D eigenvalue weighted by atomic mass is 19.1. The number of benzene rings is 2. The molecule has 0 aromatic heterocycles. The van der Waals surface area contributed by atoms with Crippen LogP contribution in [0.5, 0.6) is 11.5 Å². The minimum atomic E-state index is -0.315. The minimum Gasteiger partial charge on any atom is -0.454 e. The zero-order chi connectivity index (χ0) is 14.7.